The van der Waals surface area contributed by atoms with Gasteiger partial charge in [0.05, 0.1) is 16.7 Å². The number of nitrogens with zero attached hydrogens (tertiary/aromatic N) is 4. The molecular formula is C13H12N4. The Morgan fingerprint density at radius 1 is 1.12 bits per heavy atom. The highest BCUT2D eigenvalue weighted by Crippen LogP contribution is 2.20. The van der Waals surface area contributed by atoms with E-state index in [1.54, 1.807) is 6.20 Å². The number of rotatable bonds is 1. The first-order chi connectivity index (χ1) is 8.24. The van der Waals surface area contributed by atoms with Crippen molar-refractivity contribution < 1.29 is 0 Å². The van der Waals surface area contributed by atoms with E-state index in [0.717, 1.165) is 28.0 Å². The highest BCUT2D eigenvalue weighted by Gasteiger charge is 2.05. The Labute approximate surface area is 98.9 Å². The van der Waals surface area contributed by atoms with Crippen molar-refractivity contribution in [2.24, 2.45) is 7.05 Å². The maximum absolute atomic E-state index is 4.48. The van der Waals surface area contributed by atoms with Gasteiger partial charge in [-0.3, -0.25) is 14.6 Å². The van der Waals surface area contributed by atoms with Gasteiger partial charge in [0.15, 0.2) is 0 Å². The number of hydrogen-bond donors (Lipinski definition) is 0. The molecule has 0 aromatic carbocycles. The summed E-state index contributed by atoms with van der Waals surface area (Å²) in [5, 5.41) is 4.16. The predicted octanol–water partition coefficient (Wildman–Crippen LogP) is 2.34. The number of pyridine rings is 2. The Morgan fingerprint density at radius 2 is 2.00 bits per heavy atom. The normalized spacial score (nSPS) is 10.9. The van der Waals surface area contributed by atoms with E-state index in [4.69, 9.17) is 0 Å². The van der Waals surface area contributed by atoms with Crippen LogP contribution in [0.1, 0.15) is 5.69 Å². The van der Waals surface area contributed by atoms with Gasteiger partial charge in [0, 0.05) is 30.7 Å². The van der Waals surface area contributed by atoms with Crippen LogP contribution in [0.5, 0.6) is 0 Å². The molecule has 3 heterocycles. The quantitative estimate of drug-likeness (QED) is 0.637. The summed E-state index contributed by atoms with van der Waals surface area (Å²) < 4.78 is 1.83. The van der Waals surface area contributed by atoms with Gasteiger partial charge in [0.25, 0.3) is 0 Å². The highest BCUT2D eigenvalue weighted by molar-refractivity contribution is 5.79. The Balaban J connectivity index is 2.22. The molecule has 3 rings (SSSR count). The average molecular weight is 224 g/mol. The smallest absolute Gasteiger partial charge is 0.0896 e. The van der Waals surface area contributed by atoms with Gasteiger partial charge in [0.2, 0.25) is 0 Å². The first-order valence-electron chi connectivity index (χ1n) is 5.46. The fourth-order valence-electron chi connectivity index (χ4n) is 1.91. The van der Waals surface area contributed by atoms with Gasteiger partial charge in [-0.05, 0) is 31.2 Å². The van der Waals surface area contributed by atoms with Gasteiger partial charge in [-0.2, -0.15) is 5.10 Å². The molecule has 84 valence electrons. The summed E-state index contributed by atoms with van der Waals surface area (Å²) >= 11 is 0. The topological polar surface area (TPSA) is 43.6 Å². The van der Waals surface area contributed by atoms with Crippen LogP contribution in [0.25, 0.3) is 22.3 Å². The van der Waals surface area contributed by atoms with Crippen LogP contribution < -0.4 is 0 Å². The summed E-state index contributed by atoms with van der Waals surface area (Å²) in [5.74, 6) is 0. The molecule has 4 heteroatoms. The fourth-order valence-corrected chi connectivity index (χ4v) is 1.91. The molecule has 0 atom stereocenters. The van der Waals surface area contributed by atoms with Crippen molar-refractivity contribution in [3.05, 3.63) is 42.4 Å². The van der Waals surface area contributed by atoms with Crippen molar-refractivity contribution in [1.82, 2.24) is 19.7 Å². The van der Waals surface area contributed by atoms with Crippen LogP contribution in [0, 0.1) is 6.92 Å². The minimum absolute atomic E-state index is 0.918. The minimum Gasteiger partial charge on any atom is -0.268 e. The Kier molecular flexibility index (Phi) is 2.14. The second-order valence-electron chi connectivity index (χ2n) is 4.05. The van der Waals surface area contributed by atoms with Crippen molar-refractivity contribution in [1.29, 1.82) is 0 Å². The lowest BCUT2D eigenvalue weighted by Crippen LogP contribution is -1.94. The molecule has 0 aliphatic heterocycles. The summed E-state index contributed by atoms with van der Waals surface area (Å²) in [4.78, 5) is 8.90. The molecule has 0 aliphatic rings. The zero-order valence-corrected chi connectivity index (χ0v) is 9.75. The van der Waals surface area contributed by atoms with Crippen LogP contribution >= 0.6 is 0 Å². The second kappa shape index (κ2) is 3.66. The third-order valence-electron chi connectivity index (χ3n) is 2.79. The van der Waals surface area contributed by atoms with Gasteiger partial charge >= 0.3 is 0 Å². The van der Waals surface area contributed by atoms with E-state index >= 15 is 0 Å². The number of aromatic nitrogens is 4. The molecule has 0 unspecified atom stereocenters. The number of aryl methyl sites for hydroxylation is 2. The molecule has 0 saturated heterocycles. The van der Waals surface area contributed by atoms with Crippen molar-refractivity contribution in [3.8, 4) is 11.3 Å². The van der Waals surface area contributed by atoms with Crippen LogP contribution in [0.15, 0.2) is 36.7 Å². The van der Waals surface area contributed by atoms with E-state index in [9.17, 15) is 0 Å². The fraction of sp³-hybridized carbons (Fsp3) is 0.154. The molecule has 0 N–H and O–H groups in total. The second-order valence-corrected chi connectivity index (χ2v) is 4.05. The maximum Gasteiger partial charge on any atom is 0.0896 e. The first-order valence-corrected chi connectivity index (χ1v) is 5.46. The van der Waals surface area contributed by atoms with Gasteiger partial charge < -0.3 is 0 Å². The zero-order chi connectivity index (χ0) is 11.8. The molecule has 3 aromatic heterocycles. The molecule has 0 saturated carbocycles. The van der Waals surface area contributed by atoms with Gasteiger partial charge in [-0.15, -0.1) is 0 Å². The van der Waals surface area contributed by atoms with Crippen LogP contribution in [-0.4, -0.2) is 19.7 Å². The van der Waals surface area contributed by atoms with Crippen LogP contribution in [-0.2, 0) is 7.05 Å². The maximum atomic E-state index is 4.48. The molecule has 17 heavy (non-hydrogen) atoms. The van der Waals surface area contributed by atoms with Gasteiger partial charge in [-0.1, -0.05) is 0 Å². The van der Waals surface area contributed by atoms with Crippen molar-refractivity contribution >= 4 is 11.0 Å². The lowest BCUT2D eigenvalue weighted by atomic mass is 10.2. The van der Waals surface area contributed by atoms with E-state index < -0.39 is 0 Å². The van der Waals surface area contributed by atoms with E-state index in [1.807, 2.05) is 49.1 Å². The van der Waals surface area contributed by atoms with Crippen LogP contribution in [0.2, 0.25) is 0 Å². The van der Waals surface area contributed by atoms with E-state index in [0.29, 0.717) is 0 Å². The molecule has 0 aliphatic carbocycles. The summed E-state index contributed by atoms with van der Waals surface area (Å²) in [5.41, 5.74) is 4.92. The Hall–Kier alpha value is -2.23. The van der Waals surface area contributed by atoms with Crippen molar-refractivity contribution in [2.75, 3.05) is 0 Å². The Morgan fingerprint density at radius 3 is 2.76 bits per heavy atom. The predicted molar refractivity (Wildman–Crippen MR) is 66.5 cm³/mol. The lowest BCUT2D eigenvalue weighted by molar-refractivity contribution is 0.775. The number of hydrogen-bond acceptors (Lipinski definition) is 3. The van der Waals surface area contributed by atoms with E-state index in [1.165, 1.54) is 0 Å². The summed E-state index contributed by atoms with van der Waals surface area (Å²) in [6.07, 6.45) is 3.64. The summed E-state index contributed by atoms with van der Waals surface area (Å²) in [7, 11) is 1.92. The average Bonchev–Trinajstić information content (AvgIpc) is 2.74. The molecule has 0 spiro atoms. The monoisotopic (exact) mass is 224 g/mol. The molecule has 3 aromatic rings. The van der Waals surface area contributed by atoms with Gasteiger partial charge in [0.1, 0.15) is 0 Å². The van der Waals surface area contributed by atoms with Gasteiger partial charge in [-0.25, -0.2) is 0 Å². The largest absolute Gasteiger partial charge is 0.268 e. The van der Waals surface area contributed by atoms with Crippen LogP contribution in [0.4, 0.5) is 0 Å². The van der Waals surface area contributed by atoms with Crippen LogP contribution in [0.3, 0.4) is 0 Å². The zero-order valence-electron chi connectivity index (χ0n) is 9.75. The van der Waals surface area contributed by atoms with Crippen molar-refractivity contribution in [2.45, 2.75) is 6.92 Å². The third kappa shape index (κ3) is 1.67. The third-order valence-corrected chi connectivity index (χ3v) is 2.79. The lowest BCUT2D eigenvalue weighted by Gasteiger charge is -2.03. The van der Waals surface area contributed by atoms with E-state index in [-0.39, 0.29) is 0 Å². The summed E-state index contributed by atoms with van der Waals surface area (Å²) in [6.45, 7) is 1.98. The first kappa shape index (κ1) is 9.96. The molecule has 0 bridgehead atoms. The molecule has 0 fully saturated rings. The molecule has 0 radical (unpaired) electrons. The summed E-state index contributed by atoms with van der Waals surface area (Å²) in [6, 6.07) is 7.98. The minimum atomic E-state index is 0.918. The molecule has 4 nitrogen and oxygen atoms in total. The van der Waals surface area contributed by atoms with Crippen molar-refractivity contribution in [3.63, 3.8) is 0 Å². The Bertz CT molecular complexity index is 685. The SMILES string of the molecule is Cc1ccc2ncc(-c3ccnn3C)cc2n1. The number of fused-ring (bicyclic) bond motifs is 1. The molecular weight excluding hydrogens is 212 g/mol. The highest BCUT2D eigenvalue weighted by atomic mass is 15.3. The van der Waals surface area contributed by atoms with E-state index in [2.05, 4.69) is 15.1 Å². The molecule has 0 amide bonds. The standard InChI is InChI=1S/C13H12N4/c1-9-3-4-11-12(16-9)7-10(8-14-11)13-5-6-15-17(13)2/h3-8H,1-2H3.